The summed E-state index contributed by atoms with van der Waals surface area (Å²) in [5, 5.41) is 8.71. The lowest BCUT2D eigenvalue weighted by Crippen LogP contribution is -1.97. The largest absolute Gasteiger partial charge is 0.489 e. The van der Waals surface area contributed by atoms with Crippen LogP contribution in [-0.2, 0) is 6.61 Å². The van der Waals surface area contributed by atoms with Gasteiger partial charge in [0.05, 0.1) is 0 Å². The van der Waals surface area contributed by atoms with Gasteiger partial charge in [-0.1, -0.05) is 36.1 Å². The monoisotopic (exact) mass is 266 g/mol. The number of rotatable bonds is 3. The van der Waals surface area contributed by atoms with Gasteiger partial charge in [0, 0.05) is 5.56 Å². The van der Waals surface area contributed by atoms with Crippen molar-refractivity contribution < 1.29 is 9.84 Å². The zero-order valence-corrected chi connectivity index (χ0v) is 11.8. The van der Waals surface area contributed by atoms with Gasteiger partial charge in [0.15, 0.2) is 0 Å². The van der Waals surface area contributed by atoms with Gasteiger partial charge in [-0.05, 0) is 48.7 Å². The lowest BCUT2D eigenvalue weighted by Gasteiger charge is -2.10. The van der Waals surface area contributed by atoms with Gasteiger partial charge < -0.3 is 9.84 Å². The van der Waals surface area contributed by atoms with Crippen molar-refractivity contribution in [3.63, 3.8) is 0 Å². The van der Waals surface area contributed by atoms with E-state index in [-0.39, 0.29) is 6.61 Å². The minimum atomic E-state index is -0.122. The fourth-order valence-electron chi connectivity index (χ4n) is 1.90. The normalized spacial score (nSPS) is 9.75. The van der Waals surface area contributed by atoms with Crippen LogP contribution in [0.3, 0.4) is 0 Å². The standard InChI is InChI=1S/C18H18O2/c1-14-8-9-15(2)18(11-14)20-13-17-6-3-5-16(12-17)7-4-10-19/h3,5-6,8-9,11-12,19H,10,13H2,1-2H3. The third kappa shape index (κ3) is 3.88. The van der Waals surface area contributed by atoms with Gasteiger partial charge in [0.2, 0.25) is 0 Å². The van der Waals surface area contributed by atoms with E-state index in [1.165, 1.54) is 5.56 Å². The molecule has 0 atom stereocenters. The van der Waals surface area contributed by atoms with Gasteiger partial charge in [-0.3, -0.25) is 0 Å². The number of hydrogen-bond acceptors (Lipinski definition) is 2. The van der Waals surface area contributed by atoms with Gasteiger partial charge in [-0.2, -0.15) is 0 Å². The summed E-state index contributed by atoms with van der Waals surface area (Å²) in [6.07, 6.45) is 0. The highest BCUT2D eigenvalue weighted by molar-refractivity contribution is 5.38. The SMILES string of the molecule is Cc1ccc(C)c(OCc2cccc(C#CCO)c2)c1. The van der Waals surface area contributed by atoms with E-state index in [1.807, 2.05) is 37.3 Å². The first kappa shape index (κ1) is 14.2. The minimum Gasteiger partial charge on any atom is -0.489 e. The van der Waals surface area contributed by atoms with E-state index in [0.717, 1.165) is 22.4 Å². The van der Waals surface area contributed by atoms with E-state index in [9.17, 15) is 0 Å². The molecular formula is C18H18O2. The number of ether oxygens (including phenoxy) is 1. The molecule has 0 radical (unpaired) electrons. The van der Waals surface area contributed by atoms with Crippen LogP contribution < -0.4 is 4.74 Å². The molecule has 0 amide bonds. The number of aryl methyl sites for hydroxylation is 2. The fraction of sp³-hybridized carbons (Fsp3) is 0.222. The first-order valence-electron chi connectivity index (χ1n) is 6.58. The summed E-state index contributed by atoms with van der Waals surface area (Å²) in [7, 11) is 0. The molecular weight excluding hydrogens is 248 g/mol. The highest BCUT2D eigenvalue weighted by Crippen LogP contribution is 2.20. The van der Waals surface area contributed by atoms with Crippen molar-refractivity contribution in [2.75, 3.05) is 6.61 Å². The molecule has 0 fully saturated rings. The Morgan fingerprint density at radius 3 is 2.75 bits per heavy atom. The van der Waals surface area contributed by atoms with Crippen molar-refractivity contribution >= 4 is 0 Å². The van der Waals surface area contributed by atoms with E-state index >= 15 is 0 Å². The molecule has 2 rings (SSSR count). The maximum atomic E-state index is 8.71. The molecule has 0 aliphatic carbocycles. The molecule has 0 bridgehead atoms. The average Bonchev–Trinajstić information content (AvgIpc) is 2.46. The van der Waals surface area contributed by atoms with Crippen molar-refractivity contribution in [3.8, 4) is 17.6 Å². The van der Waals surface area contributed by atoms with Crippen LogP contribution in [0.1, 0.15) is 22.3 Å². The molecule has 2 nitrogen and oxygen atoms in total. The third-order valence-corrected chi connectivity index (χ3v) is 2.98. The summed E-state index contributed by atoms with van der Waals surface area (Å²) in [6.45, 7) is 4.48. The molecule has 0 saturated carbocycles. The first-order chi connectivity index (χ1) is 9.69. The van der Waals surface area contributed by atoms with Crippen molar-refractivity contribution in [3.05, 3.63) is 64.7 Å². The Bertz CT molecular complexity index is 648. The third-order valence-electron chi connectivity index (χ3n) is 2.98. The van der Waals surface area contributed by atoms with Gasteiger partial charge in [-0.15, -0.1) is 0 Å². The molecule has 2 aromatic carbocycles. The van der Waals surface area contributed by atoms with E-state index in [2.05, 4.69) is 30.9 Å². The second-order valence-electron chi connectivity index (χ2n) is 4.72. The van der Waals surface area contributed by atoms with Crippen LogP contribution in [0.5, 0.6) is 5.75 Å². The van der Waals surface area contributed by atoms with Crippen LogP contribution in [0.4, 0.5) is 0 Å². The lowest BCUT2D eigenvalue weighted by atomic mass is 10.1. The Labute approximate surface area is 120 Å². The zero-order valence-electron chi connectivity index (χ0n) is 11.8. The molecule has 1 N–H and O–H groups in total. The molecule has 2 aromatic rings. The van der Waals surface area contributed by atoms with Crippen LogP contribution in [0.25, 0.3) is 0 Å². The number of aliphatic hydroxyl groups is 1. The Morgan fingerprint density at radius 1 is 1.10 bits per heavy atom. The molecule has 102 valence electrons. The Hall–Kier alpha value is -2.24. The molecule has 0 spiro atoms. The molecule has 0 aromatic heterocycles. The van der Waals surface area contributed by atoms with Crippen LogP contribution in [-0.4, -0.2) is 11.7 Å². The molecule has 0 aliphatic rings. The van der Waals surface area contributed by atoms with Crippen LogP contribution in [0, 0.1) is 25.7 Å². The fourth-order valence-corrected chi connectivity index (χ4v) is 1.90. The molecule has 0 aliphatic heterocycles. The smallest absolute Gasteiger partial charge is 0.122 e. The number of hydrogen-bond donors (Lipinski definition) is 1. The maximum absolute atomic E-state index is 8.71. The first-order valence-corrected chi connectivity index (χ1v) is 6.58. The summed E-state index contributed by atoms with van der Waals surface area (Å²) in [5.41, 5.74) is 4.27. The van der Waals surface area contributed by atoms with Gasteiger partial charge in [0.25, 0.3) is 0 Å². The second-order valence-corrected chi connectivity index (χ2v) is 4.72. The summed E-state index contributed by atoms with van der Waals surface area (Å²) < 4.78 is 5.87. The molecule has 0 unspecified atom stereocenters. The summed E-state index contributed by atoms with van der Waals surface area (Å²) in [4.78, 5) is 0. The average molecular weight is 266 g/mol. The van der Waals surface area contributed by atoms with Gasteiger partial charge in [0.1, 0.15) is 19.0 Å². The zero-order chi connectivity index (χ0) is 14.4. The van der Waals surface area contributed by atoms with Gasteiger partial charge >= 0.3 is 0 Å². The van der Waals surface area contributed by atoms with Crippen molar-refractivity contribution in [1.29, 1.82) is 0 Å². The Morgan fingerprint density at radius 2 is 1.95 bits per heavy atom. The minimum absolute atomic E-state index is 0.122. The quantitative estimate of drug-likeness (QED) is 0.864. The predicted octanol–water partition coefficient (Wildman–Crippen LogP) is 3.23. The van der Waals surface area contributed by atoms with Crippen molar-refractivity contribution in [2.45, 2.75) is 20.5 Å². The maximum Gasteiger partial charge on any atom is 0.122 e. The van der Waals surface area contributed by atoms with Crippen molar-refractivity contribution in [1.82, 2.24) is 0 Å². The number of benzene rings is 2. The predicted molar refractivity (Wildman–Crippen MR) is 80.7 cm³/mol. The molecule has 2 heteroatoms. The Balaban J connectivity index is 2.09. The summed E-state index contributed by atoms with van der Waals surface area (Å²) in [6, 6.07) is 14.0. The molecule has 0 saturated heterocycles. The van der Waals surface area contributed by atoms with E-state index in [4.69, 9.17) is 9.84 Å². The lowest BCUT2D eigenvalue weighted by molar-refractivity contribution is 0.304. The van der Waals surface area contributed by atoms with Crippen LogP contribution >= 0.6 is 0 Å². The number of aliphatic hydroxyl groups excluding tert-OH is 1. The molecule has 20 heavy (non-hydrogen) atoms. The summed E-state index contributed by atoms with van der Waals surface area (Å²) >= 11 is 0. The van der Waals surface area contributed by atoms with Gasteiger partial charge in [-0.25, -0.2) is 0 Å². The van der Waals surface area contributed by atoms with Crippen molar-refractivity contribution in [2.24, 2.45) is 0 Å². The highest BCUT2D eigenvalue weighted by atomic mass is 16.5. The Kier molecular flexibility index (Phi) is 4.81. The summed E-state index contributed by atoms with van der Waals surface area (Å²) in [5.74, 6) is 6.46. The topological polar surface area (TPSA) is 29.5 Å². The second kappa shape index (κ2) is 6.79. The van der Waals surface area contributed by atoms with Crippen LogP contribution in [0.15, 0.2) is 42.5 Å². The van der Waals surface area contributed by atoms with E-state index < -0.39 is 0 Å². The highest BCUT2D eigenvalue weighted by Gasteiger charge is 2.01. The van der Waals surface area contributed by atoms with E-state index in [1.54, 1.807) is 0 Å². The van der Waals surface area contributed by atoms with E-state index in [0.29, 0.717) is 6.61 Å². The van der Waals surface area contributed by atoms with Crippen LogP contribution in [0.2, 0.25) is 0 Å². The molecule has 0 heterocycles.